The molecule has 1 fully saturated rings. The van der Waals surface area contributed by atoms with Crippen molar-refractivity contribution in [3.63, 3.8) is 0 Å². The largest absolute Gasteiger partial charge is 0.496 e. The van der Waals surface area contributed by atoms with Crippen LogP contribution < -0.4 is 4.74 Å². The zero-order chi connectivity index (χ0) is 21.1. The van der Waals surface area contributed by atoms with Crippen molar-refractivity contribution in [1.29, 1.82) is 0 Å². The van der Waals surface area contributed by atoms with Crippen molar-refractivity contribution < 1.29 is 9.53 Å². The van der Waals surface area contributed by atoms with Crippen LogP contribution in [0.2, 0.25) is 0 Å². The number of hydrogen-bond donors (Lipinski definition) is 0. The fourth-order valence-corrected chi connectivity index (χ4v) is 4.32. The normalized spacial score (nSPS) is 20.3. The van der Waals surface area contributed by atoms with Gasteiger partial charge in [-0.3, -0.25) is 9.69 Å². The molecule has 0 bridgehead atoms. The fourth-order valence-electron chi connectivity index (χ4n) is 4.32. The molecule has 2 heterocycles. The molecule has 0 saturated carbocycles. The SMILES string of the molecule is COc1ccccc1C1=NN(C(=O)CN2CCC(C)CC2)[C@H](c2ccc(C)cc2)C1. The topological polar surface area (TPSA) is 45.1 Å². The van der Waals surface area contributed by atoms with E-state index in [-0.39, 0.29) is 11.9 Å². The van der Waals surface area contributed by atoms with Crippen LogP contribution in [0.4, 0.5) is 0 Å². The zero-order valence-electron chi connectivity index (χ0n) is 18.2. The maximum Gasteiger partial charge on any atom is 0.257 e. The van der Waals surface area contributed by atoms with Crippen LogP contribution in [-0.4, -0.2) is 48.3 Å². The van der Waals surface area contributed by atoms with Crippen LogP contribution >= 0.6 is 0 Å². The number of nitrogens with zero attached hydrogens (tertiary/aromatic N) is 3. The third-order valence-electron chi connectivity index (χ3n) is 6.28. The van der Waals surface area contributed by atoms with Crippen LogP contribution in [0.25, 0.3) is 0 Å². The second-order valence-corrected chi connectivity index (χ2v) is 8.57. The van der Waals surface area contributed by atoms with E-state index < -0.39 is 0 Å². The quantitative estimate of drug-likeness (QED) is 0.740. The monoisotopic (exact) mass is 405 g/mol. The van der Waals surface area contributed by atoms with E-state index in [9.17, 15) is 4.79 Å². The first-order valence-corrected chi connectivity index (χ1v) is 10.9. The number of hydrazone groups is 1. The molecule has 0 aliphatic carbocycles. The van der Waals surface area contributed by atoms with Crippen LogP contribution in [0.15, 0.2) is 53.6 Å². The highest BCUT2D eigenvalue weighted by Crippen LogP contribution is 2.35. The van der Waals surface area contributed by atoms with Crippen molar-refractivity contribution in [2.24, 2.45) is 11.0 Å². The summed E-state index contributed by atoms with van der Waals surface area (Å²) < 4.78 is 5.55. The number of carbonyl (C=O) groups is 1. The third-order valence-corrected chi connectivity index (χ3v) is 6.28. The van der Waals surface area contributed by atoms with Gasteiger partial charge in [-0.25, -0.2) is 5.01 Å². The van der Waals surface area contributed by atoms with E-state index in [0.717, 1.165) is 54.4 Å². The van der Waals surface area contributed by atoms with Crippen LogP contribution in [0.3, 0.4) is 0 Å². The Balaban J connectivity index is 1.61. The lowest BCUT2D eigenvalue weighted by Crippen LogP contribution is -2.41. The summed E-state index contributed by atoms with van der Waals surface area (Å²) in [6.07, 6.45) is 3.00. The van der Waals surface area contributed by atoms with Gasteiger partial charge in [0.1, 0.15) is 5.75 Å². The Labute approximate surface area is 179 Å². The number of aryl methyl sites for hydroxylation is 1. The van der Waals surface area contributed by atoms with Crippen molar-refractivity contribution >= 4 is 11.6 Å². The lowest BCUT2D eigenvalue weighted by Gasteiger charge is -2.31. The zero-order valence-corrected chi connectivity index (χ0v) is 18.2. The first-order valence-electron chi connectivity index (χ1n) is 10.9. The molecule has 0 N–H and O–H groups in total. The molecule has 5 heteroatoms. The average molecular weight is 406 g/mol. The number of likely N-dealkylation sites (tertiary alicyclic amines) is 1. The molecule has 1 amide bonds. The number of methoxy groups -OCH3 is 1. The molecule has 0 unspecified atom stereocenters. The molecular formula is C25H31N3O2. The van der Waals surface area contributed by atoms with Crippen molar-refractivity contribution in [3.05, 3.63) is 65.2 Å². The minimum absolute atomic E-state index is 0.0695. The van der Waals surface area contributed by atoms with E-state index in [1.165, 1.54) is 5.56 Å². The highest BCUT2D eigenvalue weighted by atomic mass is 16.5. The van der Waals surface area contributed by atoms with Crippen molar-refractivity contribution in [2.45, 2.75) is 39.2 Å². The van der Waals surface area contributed by atoms with Crippen LogP contribution in [-0.2, 0) is 4.79 Å². The Hall–Kier alpha value is -2.66. The van der Waals surface area contributed by atoms with E-state index in [0.29, 0.717) is 13.0 Å². The van der Waals surface area contributed by atoms with Gasteiger partial charge in [0.05, 0.1) is 25.4 Å². The van der Waals surface area contributed by atoms with E-state index in [1.54, 1.807) is 12.1 Å². The number of benzene rings is 2. The molecule has 0 spiro atoms. The van der Waals surface area contributed by atoms with Gasteiger partial charge in [-0.05, 0) is 56.5 Å². The lowest BCUT2D eigenvalue weighted by molar-refractivity contribution is -0.134. The summed E-state index contributed by atoms with van der Waals surface area (Å²) in [5.41, 5.74) is 4.19. The first-order chi connectivity index (χ1) is 14.5. The maximum atomic E-state index is 13.3. The minimum atomic E-state index is -0.0817. The number of amides is 1. The molecule has 2 aliphatic heterocycles. The summed E-state index contributed by atoms with van der Waals surface area (Å²) in [7, 11) is 1.67. The first kappa shape index (κ1) is 20.6. The molecule has 30 heavy (non-hydrogen) atoms. The third kappa shape index (κ3) is 4.41. The molecule has 158 valence electrons. The second kappa shape index (κ2) is 9.00. The number of para-hydroxylation sites is 1. The number of ether oxygens (including phenoxy) is 1. The Bertz CT molecular complexity index is 914. The van der Waals surface area contributed by atoms with Crippen molar-refractivity contribution in [3.8, 4) is 5.75 Å². The molecule has 0 aromatic heterocycles. The van der Waals surface area contributed by atoms with E-state index in [4.69, 9.17) is 9.84 Å². The molecule has 5 nitrogen and oxygen atoms in total. The second-order valence-electron chi connectivity index (χ2n) is 8.57. The van der Waals surface area contributed by atoms with Gasteiger partial charge >= 0.3 is 0 Å². The van der Waals surface area contributed by atoms with Gasteiger partial charge in [-0.2, -0.15) is 5.10 Å². The van der Waals surface area contributed by atoms with Crippen molar-refractivity contribution in [1.82, 2.24) is 9.91 Å². The minimum Gasteiger partial charge on any atom is -0.496 e. The summed E-state index contributed by atoms with van der Waals surface area (Å²) in [6, 6.07) is 16.3. The summed E-state index contributed by atoms with van der Waals surface area (Å²) in [5, 5.41) is 6.53. The van der Waals surface area contributed by atoms with Gasteiger partial charge in [0.15, 0.2) is 0 Å². The summed E-state index contributed by atoms with van der Waals surface area (Å²) >= 11 is 0. The standard InChI is InChI=1S/C25H31N3O2/c1-18-8-10-20(11-9-18)23-16-22(21-6-4-5-7-24(21)30-3)26-28(23)25(29)17-27-14-12-19(2)13-15-27/h4-11,19,23H,12-17H2,1-3H3/t23-/m0/s1. The van der Waals surface area contributed by atoms with Crippen LogP contribution in [0.1, 0.15) is 48.9 Å². The van der Waals surface area contributed by atoms with Gasteiger partial charge in [0.2, 0.25) is 0 Å². The molecule has 1 atom stereocenters. The maximum absolute atomic E-state index is 13.3. The summed E-state index contributed by atoms with van der Waals surface area (Å²) in [6.45, 7) is 6.77. The van der Waals surface area contributed by atoms with Crippen LogP contribution in [0.5, 0.6) is 5.75 Å². The lowest BCUT2D eigenvalue weighted by atomic mass is 9.97. The van der Waals surface area contributed by atoms with Gasteiger partial charge in [-0.15, -0.1) is 0 Å². The van der Waals surface area contributed by atoms with Crippen LogP contribution in [0, 0.1) is 12.8 Å². The number of carbonyl (C=O) groups excluding carboxylic acids is 1. The number of hydrogen-bond acceptors (Lipinski definition) is 4. The summed E-state index contributed by atoms with van der Waals surface area (Å²) in [4.78, 5) is 15.6. The molecule has 4 rings (SSSR count). The number of rotatable bonds is 5. The molecule has 1 saturated heterocycles. The van der Waals surface area contributed by atoms with E-state index >= 15 is 0 Å². The van der Waals surface area contributed by atoms with Gasteiger partial charge in [-0.1, -0.05) is 48.9 Å². The Morgan fingerprint density at radius 2 is 1.80 bits per heavy atom. The Morgan fingerprint density at radius 1 is 1.10 bits per heavy atom. The molecule has 2 aromatic rings. The van der Waals surface area contributed by atoms with Crippen molar-refractivity contribution in [2.75, 3.05) is 26.7 Å². The Kier molecular flexibility index (Phi) is 6.18. The summed E-state index contributed by atoms with van der Waals surface area (Å²) in [5.74, 6) is 1.61. The molecule has 0 radical (unpaired) electrons. The fraction of sp³-hybridized carbons (Fsp3) is 0.440. The highest BCUT2D eigenvalue weighted by molar-refractivity contribution is 6.05. The van der Waals surface area contributed by atoms with Gasteiger partial charge in [0.25, 0.3) is 5.91 Å². The molecule has 2 aromatic carbocycles. The van der Waals surface area contributed by atoms with E-state index in [2.05, 4.69) is 43.0 Å². The van der Waals surface area contributed by atoms with E-state index in [1.807, 2.05) is 24.3 Å². The number of piperidine rings is 1. The van der Waals surface area contributed by atoms with Gasteiger partial charge < -0.3 is 4.74 Å². The average Bonchev–Trinajstić information content (AvgIpc) is 3.21. The molecular weight excluding hydrogens is 374 g/mol. The predicted molar refractivity (Wildman–Crippen MR) is 120 cm³/mol. The Morgan fingerprint density at radius 3 is 2.50 bits per heavy atom. The van der Waals surface area contributed by atoms with Gasteiger partial charge in [0, 0.05) is 12.0 Å². The molecule has 2 aliphatic rings. The predicted octanol–water partition coefficient (Wildman–Crippen LogP) is 4.41. The highest BCUT2D eigenvalue weighted by Gasteiger charge is 2.34. The smallest absolute Gasteiger partial charge is 0.257 e.